The molecule has 16 heavy (non-hydrogen) atoms. The summed E-state index contributed by atoms with van der Waals surface area (Å²) in [5.41, 5.74) is 2.30. The zero-order valence-electron chi connectivity index (χ0n) is 10.4. The minimum absolute atomic E-state index is 0.233. The predicted molar refractivity (Wildman–Crippen MR) is 66.1 cm³/mol. The lowest BCUT2D eigenvalue weighted by molar-refractivity contribution is 0.243. The highest BCUT2D eigenvalue weighted by molar-refractivity contribution is 5.17. The molecule has 3 nitrogen and oxygen atoms in total. The number of aryl methyl sites for hydroxylation is 1. The monoisotopic (exact) mass is 222 g/mol. The number of aliphatic hydroxyl groups excluding tert-OH is 1. The average molecular weight is 222 g/mol. The molecule has 2 N–H and O–H groups in total. The Morgan fingerprint density at radius 2 is 2.19 bits per heavy atom. The Morgan fingerprint density at radius 1 is 1.44 bits per heavy atom. The number of aliphatic hydroxyl groups is 1. The van der Waals surface area contributed by atoms with Gasteiger partial charge in [-0.1, -0.05) is 19.9 Å². The summed E-state index contributed by atoms with van der Waals surface area (Å²) in [6.07, 6.45) is 2.62. The van der Waals surface area contributed by atoms with Crippen molar-refractivity contribution in [2.24, 2.45) is 5.92 Å². The maximum atomic E-state index is 8.98. The Balaban J connectivity index is 2.52. The second-order valence-electron chi connectivity index (χ2n) is 4.51. The van der Waals surface area contributed by atoms with Crippen LogP contribution in [0.1, 0.15) is 31.5 Å². The van der Waals surface area contributed by atoms with E-state index in [1.807, 2.05) is 12.3 Å². The number of rotatable bonds is 6. The van der Waals surface area contributed by atoms with Crippen LogP contribution in [0, 0.1) is 12.8 Å². The van der Waals surface area contributed by atoms with Crippen LogP contribution in [0.4, 0.5) is 0 Å². The Hall–Kier alpha value is -0.930. The van der Waals surface area contributed by atoms with Crippen LogP contribution < -0.4 is 5.32 Å². The van der Waals surface area contributed by atoms with Gasteiger partial charge < -0.3 is 10.4 Å². The fraction of sp³-hybridized carbons (Fsp3) is 0.615. The number of nitrogens with one attached hydrogen (secondary N) is 1. The van der Waals surface area contributed by atoms with E-state index in [1.54, 1.807) is 0 Å². The van der Waals surface area contributed by atoms with Crippen LogP contribution in [0.2, 0.25) is 0 Å². The summed E-state index contributed by atoms with van der Waals surface area (Å²) < 4.78 is 0. The van der Waals surface area contributed by atoms with Crippen molar-refractivity contribution in [2.45, 2.75) is 39.8 Å². The van der Waals surface area contributed by atoms with Crippen molar-refractivity contribution in [3.05, 3.63) is 29.6 Å². The number of pyridine rings is 1. The largest absolute Gasteiger partial charge is 0.396 e. The lowest BCUT2D eigenvalue weighted by Gasteiger charge is -2.21. The quantitative estimate of drug-likeness (QED) is 0.772. The molecule has 0 aliphatic heterocycles. The zero-order chi connectivity index (χ0) is 12.0. The van der Waals surface area contributed by atoms with E-state index in [9.17, 15) is 0 Å². The summed E-state index contributed by atoms with van der Waals surface area (Å²) in [6.45, 7) is 7.41. The van der Waals surface area contributed by atoms with E-state index in [0.717, 1.165) is 18.7 Å². The number of hydrogen-bond donors (Lipinski definition) is 2. The summed E-state index contributed by atoms with van der Waals surface area (Å²) in [5, 5.41) is 12.4. The van der Waals surface area contributed by atoms with Crippen molar-refractivity contribution in [3.63, 3.8) is 0 Å². The van der Waals surface area contributed by atoms with Gasteiger partial charge in [0.2, 0.25) is 0 Å². The van der Waals surface area contributed by atoms with Gasteiger partial charge in [-0.3, -0.25) is 4.98 Å². The Bertz CT molecular complexity index is 313. The first kappa shape index (κ1) is 13.1. The van der Waals surface area contributed by atoms with Crippen LogP contribution in [-0.2, 0) is 6.54 Å². The molecule has 0 fully saturated rings. The lowest BCUT2D eigenvalue weighted by atomic mass is 10.0. The molecule has 0 amide bonds. The van der Waals surface area contributed by atoms with Gasteiger partial charge in [0.25, 0.3) is 0 Å². The molecule has 0 aromatic carbocycles. The first-order chi connectivity index (χ1) is 7.65. The van der Waals surface area contributed by atoms with Crippen molar-refractivity contribution in [1.29, 1.82) is 0 Å². The molecule has 0 aliphatic rings. The Morgan fingerprint density at radius 3 is 2.75 bits per heavy atom. The summed E-state index contributed by atoms with van der Waals surface area (Å²) in [6, 6.07) is 4.37. The Kier molecular flexibility index (Phi) is 5.43. The van der Waals surface area contributed by atoms with Gasteiger partial charge in [-0.25, -0.2) is 0 Å². The Labute approximate surface area is 97.9 Å². The van der Waals surface area contributed by atoms with E-state index < -0.39 is 0 Å². The molecule has 90 valence electrons. The molecular formula is C13H22N2O. The molecule has 0 saturated carbocycles. The van der Waals surface area contributed by atoms with Gasteiger partial charge in [0.1, 0.15) is 0 Å². The van der Waals surface area contributed by atoms with E-state index in [-0.39, 0.29) is 6.61 Å². The molecule has 0 aliphatic carbocycles. The summed E-state index contributed by atoms with van der Waals surface area (Å²) >= 11 is 0. The molecule has 0 bridgehead atoms. The standard InChI is InChI=1S/C13H22N2O/c1-10(2)12(6-8-16)15-9-13-11(3)5-4-7-14-13/h4-5,7,10,12,15-16H,6,8-9H2,1-3H3. The third-order valence-electron chi connectivity index (χ3n) is 2.89. The number of aromatic nitrogens is 1. The molecule has 1 aromatic rings. The van der Waals surface area contributed by atoms with E-state index in [4.69, 9.17) is 5.11 Å². The topological polar surface area (TPSA) is 45.2 Å². The average Bonchev–Trinajstić information content (AvgIpc) is 2.26. The summed E-state index contributed by atoms with van der Waals surface area (Å²) in [7, 11) is 0. The van der Waals surface area contributed by atoms with Crippen LogP contribution in [0.5, 0.6) is 0 Å². The molecule has 1 heterocycles. The van der Waals surface area contributed by atoms with Crippen molar-refractivity contribution < 1.29 is 5.11 Å². The van der Waals surface area contributed by atoms with Gasteiger partial charge in [-0.05, 0) is 30.9 Å². The second-order valence-corrected chi connectivity index (χ2v) is 4.51. The highest BCUT2D eigenvalue weighted by atomic mass is 16.3. The second kappa shape index (κ2) is 6.61. The maximum absolute atomic E-state index is 8.98. The minimum Gasteiger partial charge on any atom is -0.396 e. The minimum atomic E-state index is 0.233. The molecule has 1 aromatic heterocycles. The zero-order valence-corrected chi connectivity index (χ0v) is 10.4. The van der Waals surface area contributed by atoms with E-state index >= 15 is 0 Å². The van der Waals surface area contributed by atoms with Crippen LogP contribution in [0.15, 0.2) is 18.3 Å². The number of hydrogen-bond acceptors (Lipinski definition) is 3. The third kappa shape index (κ3) is 3.91. The van der Waals surface area contributed by atoms with Gasteiger partial charge in [0.15, 0.2) is 0 Å². The highest BCUT2D eigenvalue weighted by Gasteiger charge is 2.12. The fourth-order valence-electron chi connectivity index (χ4n) is 1.74. The van der Waals surface area contributed by atoms with Gasteiger partial charge >= 0.3 is 0 Å². The number of nitrogens with zero attached hydrogens (tertiary/aromatic N) is 1. The van der Waals surface area contributed by atoms with Gasteiger partial charge in [-0.15, -0.1) is 0 Å². The van der Waals surface area contributed by atoms with Crippen molar-refractivity contribution in [1.82, 2.24) is 10.3 Å². The summed E-state index contributed by atoms with van der Waals surface area (Å²) in [5.74, 6) is 0.524. The molecule has 1 unspecified atom stereocenters. The molecular weight excluding hydrogens is 200 g/mol. The SMILES string of the molecule is Cc1cccnc1CNC(CCO)C(C)C. The molecule has 1 atom stereocenters. The van der Waals surface area contributed by atoms with Crippen LogP contribution in [0.25, 0.3) is 0 Å². The predicted octanol–water partition coefficient (Wildman–Crippen LogP) is 1.89. The molecule has 1 rings (SSSR count). The lowest BCUT2D eigenvalue weighted by Crippen LogP contribution is -2.34. The first-order valence-corrected chi connectivity index (χ1v) is 5.90. The summed E-state index contributed by atoms with van der Waals surface area (Å²) in [4.78, 5) is 4.34. The fourth-order valence-corrected chi connectivity index (χ4v) is 1.74. The molecule has 0 radical (unpaired) electrons. The van der Waals surface area contributed by atoms with E-state index in [2.05, 4.69) is 37.1 Å². The van der Waals surface area contributed by atoms with Gasteiger partial charge in [-0.2, -0.15) is 0 Å². The molecule has 0 saturated heterocycles. The van der Waals surface area contributed by atoms with Crippen LogP contribution >= 0.6 is 0 Å². The first-order valence-electron chi connectivity index (χ1n) is 5.90. The normalized spacial score (nSPS) is 13.1. The van der Waals surface area contributed by atoms with Gasteiger partial charge in [0.05, 0.1) is 5.69 Å². The smallest absolute Gasteiger partial charge is 0.0570 e. The van der Waals surface area contributed by atoms with E-state index in [1.165, 1.54) is 5.56 Å². The molecule has 3 heteroatoms. The van der Waals surface area contributed by atoms with Crippen LogP contribution in [-0.4, -0.2) is 22.7 Å². The van der Waals surface area contributed by atoms with Gasteiger partial charge in [0, 0.05) is 25.4 Å². The van der Waals surface area contributed by atoms with Crippen LogP contribution in [0.3, 0.4) is 0 Å². The maximum Gasteiger partial charge on any atom is 0.0570 e. The third-order valence-corrected chi connectivity index (χ3v) is 2.89. The van der Waals surface area contributed by atoms with Crippen molar-refractivity contribution in [3.8, 4) is 0 Å². The van der Waals surface area contributed by atoms with Crippen molar-refractivity contribution >= 4 is 0 Å². The highest BCUT2D eigenvalue weighted by Crippen LogP contribution is 2.08. The van der Waals surface area contributed by atoms with Crippen molar-refractivity contribution in [2.75, 3.05) is 6.61 Å². The molecule has 0 spiro atoms. The van der Waals surface area contributed by atoms with E-state index in [0.29, 0.717) is 12.0 Å².